The van der Waals surface area contributed by atoms with Crippen LogP contribution in [0.5, 0.6) is 0 Å². The van der Waals surface area contributed by atoms with Crippen molar-refractivity contribution < 1.29 is 13.6 Å². The first-order valence-corrected chi connectivity index (χ1v) is 10.6. The minimum absolute atomic E-state index is 0.0524. The molecule has 6 nitrogen and oxygen atoms in total. The van der Waals surface area contributed by atoms with Gasteiger partial charge in [-0.15, -0.1) is 0 Å². The number of carbonyl (C=O) groups is 1. The Morgan fingerprint density at radius 1 is 1.07 bits per heavy atom. The highest BCUT2D eigenvalue weighted by Crippen LogP contribution is 2.23. The van der Waals surface area contributed by atoms with Crippen molar-refractivity contribution in [2.45, 2.75) is 32.7 Å². The number of piperidine rings is 1. The molecule has 0 N–H and O–H groups in total. The largest absolute Gasteiger partial charge is 0.427 e. The summed E-state index contributed by atoms with van der Waals surface area (Å²) in [7, 11) is 0. The maximum atomic E-state index is 13.2. The summed E-state index contributed by atoms with van der Waals surface area (Å²) in [4.78, 5) is 31.3. The molecule has 0 radical (unpaired) electrons. The van der Waals surface area contributed by atoms with Crippen molar-refractivity contribution in [3.63, 3.8) is 0 Å². The van der Waals surface area contributed by atoms with E-state index in [2.05, 4.69) is 9.80 Å². The minimum atomic E-state index is -0.419. The van der Waals surface area contributed by atoms with Gasteiger partial charge in [-0.05, 0) is 56.5 Å². The average molecular weight is 413 g/mol. The van der Waals surface area contributed by atoms with Gasteiger partial charge in [0.05, 0.1) is 5.56 Å². The molecule has 1 aromatic carbocycles. The van der Waals surface area contributed by atoms with Crippen molar-refractivity contribution >= 4 is 11.6 Å². The van der Waals surface area contributed by atoms with Gasteiger partial charge in [-0.3, -0.25) is 9.69 Å². The van der Waals surface area contributed by atoms with Gasteiger partial charge in [0, 0.05) is 57.1 Å². The van der Waals surface area contributed by atoms with Crippen molar-refractivity contribution in [1.82, 2.24) is 9.80 Å². The van der Waals surface area contributed by atoms with Crippen LogP contribution in [0.15, 0.2) is 39.5 Å². The second-order valence-electron chi connectivity index (χ2n) is 8.23. The molecule has 0 unspecified atom stereocenters. The van der Waals surface area contributed by atoms with Gasteiger partial charge in [-0.1, -0.05) is 0 Å². The molecule has 1 atom stereocenters. The molecule has 2 saturated heterocycles. The number of hydrogen-bond donors (Lipinski definition) is 0. The Hall–Kier alpha value is -2.67. The summed E-state index contributed by atoms with van der Waals surface area (Å²) in [6.45, 7) is 8.49. The lowest BCUT2D eigenvalue weighted by Gasteiger charge is -2.44. The molecule has 30 heavy (non-hydrogen) atoms. The van der Waals surface area contributed by atoms with E-state index < -0.39 is 5.63 Å². The van der Waals surface area contributed by atoms with Gasteiger partial charge in [0.25, 0.3) is 5.91 Å². The molecule has 4 rings (SSSR count). The third kappa shape index (κ3) is 4.26. The van der Waals surface area contributed by atoms with Crippen LogP contribution in [-0.2, 0) is 0 Å². The number of aryl methyl sites for hydroxylation is 2. The molecule has 0 bridgehead atoms. The minimum Gasteiger partial charge on any atom is -0.427 e. The molecule has 2 aliphatic rings. The summed E-state index contributed by atoms with van der Waals surface area (Å²) in [6.07, 6.45) is 2.03. The summed E-state index contributed by atoms with van der Waals surface area (Å²) >= 11 is 0. The van der Waals surface area contributed by atoms with Gasteiger partial charge in [-0.25, -0.2) is 9.18 Å². The zero-order chi connectivity index (χ0) is 21.3. The van der Waals surface area contributed by atoms with Gasteiger partial charge in [0.1, 0.15) is 11.6 Å². The summed E-state index contributed by atoms with van der Waals surface area (Å²) in [5.41, 5.74) is 1.81. The van der Waals surface area contributed by atoms with E-state index in [1.54, 1.807) is 13.8 Å². The molecule has 2 fully saturated rings. The molecule has 0 aliphatic carbocycles. The monoisotopic (exact) mass is 413 g/mol. The first kappa shape index (κ1) is 20.6. The Kier molecular flexibility index (Phi) is 5.90. The lowest BCUT2D eigenvalue weighted by Crippen LogP contribution is -2.56. The number of benzene rings is 1. The predicted octanol–water partition coefficient (Wildman–Crippen LogP) is 2.82. The van der Waals surface area contributed by atoms with Crippen LogP contribution >= 0.6 is 0 Å². The maximum absolute atomic E-state index is 13.2. The van der Waals surface area contributed by atoms with Crippen LogP contribution in [0.4, 0.5) is 10.1 Å². The molecule has 0 saturated carbocycles. The zero-order valence-electron chi connectivity index (χ0n) is 17.6. The highest BCUT2D eigenvalue weighted by Gasteiger charge is 2.31. The van der Waals surface area contributed by atoms with Crippen LogP contribution in [0.25, 0.3) is 0 Å². The van der Waals surface area contributed by atoms with Crippen molar-refractivity contribution in [2.24, 2.45) is 0 Å². The first-order chi connectivity index (χ1) is 14.4. The molecule has 2 aromatic rings. The molecule has 1 amide bonds. The lowest BCUT2D eigenvalue weighted by atomic mass is 10.0. The smallest absolute Gasteiger partial charge is 0.336 e. The number of rotatable bonds is 3. The number of anilines is 1. The topological polar surface area (TPSA) is 57.0 Å². The Morgan fingerprint density at radius 3 is 2.43 bits per heavy atom. The normalized spacial score (nSPS) is 20.4. The van der Waals surface area contributed by atoms with E-state index >= 15 is 0 Å². The van der Waals surface area contributed by atoms with Gasteiger partial charge in [0.2, 0.25) is 0 Å². The number of nitrogens with zero attached hydrogens (tertiary/aromatic N) is 3. The number of amides is 1. The molecular weight excluding hydrogens is 385 g/mol. The first-order valence-electron chi connectivity index (χ1n) is 10.6. The van der Waals surface area contributed by atoms with Gasteiger partial charge in [-0.2, -0.15) is 0 Å². The van der Waals surface area contributed by atoms with E-state index in [4.69, 9.17) is 4.42 Å². The Labute approximate surface area is 175 Å². The quantitative estimate of drug-likeness (QED) is 0.775. The fourth-order valence-corrected chi connectivity index (χ4v) is 4.67. The highest BCUT2D eigenvalue weighted by atomic mass is 19.1. The standard InChI is InChI=1S/C23H28FN3O3/c1-16-14-21(28)30-17(2)22(16)23(29)27-9-3-4-20(15-27)26-12-10-25(11-13-26)19-7-5-18(24)6-8-19/h5-8,14,20H,3-4,9-13,15H2,1-2H3/t20-/m1/s1. The average Bonchev–Trinajstić information content (AvgIpc) is 2.74. The van der Waals surface area contributed by atoms with Crippen molar-refractivity contribution in [1.29, 1.82) is 0 Å². The Balaban J connectivity index is 1.39. The maximum Gasteiger partial charge on any atom is 0.336 e. The zero-order valence-corrected chi connectivity index (χ0v) is 17.6. The Bertz CT molecular complexity index is 938. The molecular formula is C23H28FN3O3. The third-order valence-corrected chi connectivity index (χ3v) is 6.25. The molecule has 2 aliphatic heterocycles. The van der Waals surface area contributed by atoms with Crippen LogP contribution in [0.2, 0.25) is 0 Å². The van der Waals surface area contributed by atoms with E-state index in [-0.39, 0.29) is 11.7 Å². The second kappa shape index (κ2) is 8.60. The molecule has 3 heterocycles. The summed E-state index contributed by atoms with van der Waals surface area (Å²) in [5, 5.41) is 0. The number of likely N-dealkylation sites (tertiary alicyclic amines) is 1. The fraction of sp³-hybridized carbons (Fsp3) is 0.478. The number of carbonyl (C=O) groups excluding carboxylic acids is 1. The number of hydrogen-bond acceptors (Lipinski definition) is 5. The van der Waals surface area contributed by atoms with E-state index in [0.29, 0.717) is 29.5 Å². The van der Waals surface area contributed by atoms with Gasteiger partial charge in [0.15, 0.2) is 0 Å². The van der Waals surface area contributed by atoms with E-state index in [1.807, 2.05) is 17.0 Å². The molecule has 1 aromatic heterocycles. The number of piperazine rings is 1. The SMILES string of the molecule is Cc1cc(=O)oc(C)c1C(=O)N1CCC[C@@H](N2CCN(c3ccc(F)cc3)CC2)C1. The van der Waals surface area contributed by atoms with E-state index in [9.17, 15) is 14.0 Å². The fourth-order valence-electron chi connectivity index (χ4n) is 4.67. The molecule has 0 spiro atoms. The van der Waals surface area contributed by atoms with Crippen LogP contribution in [-0.4, -0.2) is 61.0 Å². The van der Waals surface area contributed by atoms with Crippen LogP contribution in [0.3, 0.4) is 0 Å². The van der Waals surface area contributed by atoms with Crippen LogP contribution in [0, 0.1) is 19.7 Å². The summed E-state index contributed by atoms with van der Waals surface area (Å²) < 4.78 is 18.3. The molecule has 160 valence electrons. The summed E-state index contributed by atoms with van der Waals surface area (Å²) in [6, 6.07) is 8.37. The van der Waals surface area contributed by atoms with E-state index in [0.717, 1.165) is 51.3 Å². The Morgan fingerprint density at radius 2 is 1.77 bits per heavy atom. The predicted molar refractivity (Wildman–Crippen MR) is 114 cm³/mol. The van der Waals surface area contributed by atoms with E-state index in [1.165, 1.54) is 18.2 Å². The number of halogens is 1. The third-order valence-electron chi connectivity index (χ3n) is 6.25. The van der Waals surface area contributed by atoms with Crippen LogP contribution in [0.1, 0.15) is 34.5 Å². The second-order valence-corrected chi connectivity index (χ2v) is 8.23. The van der Waals surface area contributed by atoms with Crippen molar-refractivity contribution in [2.75, 3.05) is 44.2 Å². The van der Waals surface area contributed by atoms with Crippen molar-refractivity contribution in [3.05, 3.63) is 63.5 Å². The van der Waals surface area contributed by atoms with Crippen LogP contribution < -0.4 is 10.5 Å². The van der Waals surface area contributed by atoms with Gasteiger partial charge >= 0.3 is 5.63 Å². The van der Waals surface area contributed by atoms with Crippen molar-refractivity contribution in [3.8, 4) is 0 Å². The highest BCUT2D eigenvalue weighted by molar-refractivity contribution is 5.96. The molecule has 7 heteroatoms. The van der Waals surface area contributed by atoms with Gasteiger partial charge < -0.3 is 14.2 Å². The lowest BCUT2D eigenvalue weighted by molar-refractivity contribution is 0.0559. The summed E-state index contributed by atoms with van der Waals surface area (Å²) in [5.74, 6) is 0.121.